The maximum Gasteiger partial charge on any atom is 0.236 e. The number of nitrogens with two attached hydrogens (primary N) is 1. The maximum absolute atomic E-state index is 11.8. The van der Waals surface area contributed by atoms with Gasteiger partial charge in [-0.3, -0.25) is 4.79 Å². The second-order valence-electron chi connectivity index (χ2n) is 4.88. The summed E-state index contributed by atoms with van der Waals surface area (Å²) in [5.41, 5.74) is 9.22. The molecule has 92 valence electrons. The molecule has 3 heteroatoms. The Morgan fingerprint density at radius 2 is 2.06 bits per heavy atom. The molecule has 2 rings (SSSR count). The average molecular weight is 232 g/mol. The van der Waals surface area contributed by atoms with E-state index in [2.05, 4.69) is 32.0 Å². The summed E-state index contributed by atoms with van der Waals surface area (Å²) in [7, 11) is 0. The van der Waals surface area contributed by atoms with Crippen molar-refractivity contribution in [3.05, 3.63) is 34.9 Å². The molecule has 0 heterocycles. The zero-order chi connectivity index (χ0) is 12.4. The summed E-state index contributed by atoms with van der Waals surface area (Å²) in [5.74, 6) is 0.0609. The summed E-state index contributed by atoms with van der Waals surface area (Å²) in [6.07, 6.45) is 2.24. The molecule has 2 N–H and O–H groups in total. The Morgan fingerprint density at radius 3 is 2.59 bits per heavy atom. The van der Waals surface area contributed by atoms with Crippen molar-refractivity contribution >= 4 is 5.91 Å². The van der Waals surface area contributed by atoms with E-state index in [0.29, 0.717) is 12.6 Å². The molecule has 0 saturated heterocycles. The fraction of sp³-hybridized carbons (Fsp3) is 0.500. The zero-order valence-corrected chi connectivity index (χ0v) is 10.6. The van der Waals surface area contributed by atoms with Crippen LogP contribution in [0.4, 0.5) is 0 Å². The van der Waals surface area contributed by atoms with Gasteiger partial charge in [0.15, 0.2) is 0 Å². The highest BCUT2D eigenvalue weighted by Crippen LogP contribution is 2.28. The molecule has 1 aromatic carbocycles. The molecule has 17 heavy (non-hydrogen) atoms. The normalized spacial score (nSPS) is 14.8. The molecule has 0 aromatic heterocycles. The largest absolute Gasteiger partial charge is 0.334 e. The van der Waals surface area contributed by atoms with Crippen molar-refractivity contribution in [3.8, 4) is 0 Å². The van der Waals surface area contributed by atoms with Crippen LogP contribution in [0, 0.1) is 13.8 Å². The first kappa shape index (κ1) is 12.1. The van der Waals surface area contributed by atoms with Gasteiger partial charge in [-0.15, -0.1) is 0 Å². The minimum atomic E-state index is 0.0609. The molecular weight excluding hydrogens is 212 g/mol. The number of aryl methyl sites for hydroxylation is 2. The van der Waals surface area contributed by atoms with Crippen LogP contribution in [0.3, 0.4) is 0 Å². The van der Waals surface area contributed by atoms with Crippen LogP contribution < -0.4 is 5.73 Å². The molecule has 0 bridgehead atoms. The number of benzene rings is 1. The molecule has 0 radical (unpaired) electrons. The molecule has 1 fully saturated rings. The number of hydrogen-bond donors (Lipinski definition) is 1. The van der Waals surface area contributed by atoms with Crippen LogP contribution in [0.2, 0.25) is 0 Å². The van der Waals surface area contributed by atoms with Crippen molar-refractivity contribution in [2.75, 3.05) is 6.54 Å². The topological polar surface area (TPSA) is 46.3 Å². The zero-order valence-electron chi connectivity index (χ0n) is 10.6. The van der Waals surface area contributed by atoms with E-state index < -0.39 is 0 Å². The van der Waals surface area contributed by atoms with Gasteiger partial charge in [-0.25, -0.2) is 0 Å². The summed E-state index contributed by atoms with van der Waals surface area (Å²) in [5, 5.41) is 0. The number of hydrogen-bond acceptors (Lipinski definition) is 2. The van der Waals surface area contributed by atoms with Gasteiger partial charge < -0.3 is 10.6 Å². The van der Waals surface area contributed by atoms with E-state index in [4.69, 9.17) is 5.73 Å². The Bertz CT molecular complexity index is 424. The molecule has 0 atom stereocenters. The van der Waals surface area contributed by atoms with Crippen LogP contribution in [-0.4, -0.2) is 23.4 Å². The highest BCUT2D eigenvalue weighted by molar-refractivity contribution is 5.78. The van der Waals surface area contributed by atoms with Crippen LogP contribution in [0.5, 0.6) is 0 Å². The molecule has 1 aliphatic carbocycles. The van der Waals surface area contributed by atoms with Gasteiger partial charge >= 0.3 is 0 Å². The van der Waals surface area contributed by atoms with Crippen molar-refractivity contribution in [1.29, 1.82) is 0 Å². The SMILES string of the molecule is Cc1ccc(CN(C(=O)CN)C2CC2)cc1C. The molecule has 3 nitrogen and oxygen atoms in total. The summed E-state index contributed by atoms with van der Waals surface area (Å²) in [6.45, 7) is 5.01. The lowest BCUT2D eigenvalue weighted by molar-refractivity contribution is -0.130. The van der Waals surface area contributed by atoms with Gasteiger partial charge in [0.25, 0.3) is 0 Å². The number of rotatable bonds is 4. The molecular formula is C14H20N2O. The summed E-state index contributed by atoms with van der Waals surface area (Å²) in [6, 6.07) is 6.80. The predicted molar refractivity (Wildman–Crippen MR) is 68.5 cm³/mol. The van der Waals surface area contributed by atoms with Crippen molar-refractivity contribution in [2.24, 2.45) is 5.73 Å². The fourth-order valence-electron chi connectivity index (χ4n) is 2.02. The van der Waals surface area contributed by atoms with Gasteiger partial charge in [-0.2, -0.15) is 0 Å². The Morgan fingerprint density at radius 1 is 1.35 bits per heavy atom. The minimum Gasteiger partial charge on any atom is -0.334 e. The first-order valence-electron chi connectivity index (χ1n) is 6.17. The molecule has 0 spiro atoms. The minimum absolute atomic E-state index is 0.0609. The number of nitrogens with zero attached hydrogens (tertiary/aromatic N) is 1. The second kappa shape index (κ2) is 4.88. The number of amides is 1. The molecule has 1 aliphatic rings. The lowest BCUT2D eigenvalue weighted by atomic mass is 10.1. The van der Waals surface area contributed by atoms with E-state index in [0.717, 1.165) is 12.8 Å². The van der Waals surface area contributed by atoms with Crippen LogP contribution in [0.15, 0.2) is 18.2 Å². The monoisotopic (exact) mass is 232 g/mol. The lowest BCUT2D eigenvalue weighted by Crippen LogP contribution is -2.37. The van der Waals surface area contributed by atoms with E-state index in [1.165, 1.54) is 16.7 Å². The third kappa shape index (κ3) is 2.86. The predicted octanol–water partition coefficient (Wildman–Crippen LogP) is 1.75. The highest BCUT2D eigenvalue weighted by atomic mass is 16.2. The van der Waals surface area contributed by atoms with Crippen LogP contribution in [0.1, 0.15) is 29.5 Å². The Kier molecular flexibility index (Phi) is 3.48. The van der Waals surface area contributed by atoms with Crippen LogP contribution in [-0.2, 0) is 11.3 Å². The third-order valence-corrected chi connectivity index (χ3v) is 3.41. The summed E-state index contributed by atoms with van der Waals surface area (Å²) in [4.78, 5) is 13.7. The van der Waals surface area contributed by atoms with Gasteiger partial charge in [0.05, 0.1) is 6.54 Å². The van der Waals surface area contributed by atoms with Crippen molar-refractivity contribution < 1.29 is 4.79 Å². The molecule has 1 aromatic rings. The van der Waals surface area contributed by atoms with Crippen molar-refractivity contribution in [3.63, 3.8) is 0 Å². The van der Waals surface area contributed by atoms with Gasteiger partial charge in [-0.1, -0.05) is 18.2 Å². The van der Waals surface area contributed by atoms with Crippen LogP contribution in [0.25, 0.3) is 0 Å². The second-order valence-corrected chi connectivity index (χ2v) is 4.88. The first-order valence-corrected chi connectivity index (χ1v) is 6.17. The van der Waals surface area contributed by atoms with E-state index >= 15 is 0 Å². The van der Waals surface area contributed by atoms with Gasteiger partial charge in [0, 0.05) is 12.6 Å². The summed E-state index contributed by atoms with van der Waals surface area (Å²) < 4.78 is 0. The Hall–Kier alpha value is -1.35. The maximum atomic E-state index is 11.8. The van der Waals surface area contributed by atoms with Gasteiger partial charge in [0.2, 0.25) is 5.91 Å². The Labute approximate surface area is 103 Å². The molecule has 1 amide bonds. The number of carbonyl (C=O) groups excluding carboxylic acids is 1. The quantitative estimate of drug-likeness (QED) is 0.859. The van der Waals surface area contributed by atoms with Gasteiger partial charge in [0.1, 0.15) is 0 Å². The Balaban J connectivity index is 2.11. The van der Waals surface area contributed by atoms with E-state index in [1.54, 1.807) is 0 Å². The molecule has 1 saturated carbocycles. The smallest absolute Gasteiger partial charge is 0.236 e. The van der Waals surface area contributed by atoms with Crippen molar-refractivity contribution in [1.82, 2.24) is 4.90 Å². The fourth-order valence-corrected chi connectivity index (χ4v) is 2.02. The lowest BCUT2D eigenvalue weighted by Gasteiger charge is -2.22. The molecule has 0 unspecified atom stereocenters. The third-order valence-electron chi connectivity index (χ3n) is 3.41. The van der Waals surface area contributed by atoms with E-state index in [9.17, 15) is 4.79 Å². The van der Waals surface area contributed by atoms with E-state index in [-0.39, 0.29) is 12.5 Å². The number of carbonyl (C=O) groups is 1. The van der Waals surface area contributed by atoms with Crippen LogP contribution >= 0.6 is 0 Å². The van der Waals surface area contributed by atoms with Crippen molar-refractivity contribution in [2.45, 2.75) is 39.3 Å². The first-order chi connectivity index (χ1) is 8.11. The standard InChI is InChI=1S/C14H20N2O/c1-10-3-4-12(7-11(10)2)9-16(13-5-6-13)14(17)8-15/h3-4,7,13H,5-6,8-9,15H2,1-2H3. The average Bonchev–Trinajstić information content (AvgIpc) is 3.13. The van der Waals surface area contributed by atoms with E-state index in [1.807, 2.05) is 4.90 Å². The molecule has 0 aliphatic heterocycles. The van der Waals surface area contributed by atoms with Gasteiger partial charge in [-0.05, 0) is 43.4 Å². The highest BCUT2D eigenvalue weighted by Gasteiger charge is 2.31. The summed E-state index contributed by atoms with van der Waals surface area (Å²) >= 11 is 0.